The van der Waals surface area contributed by atoms with Gasteiger partial charge < -0.3 is 14.2 Å². The van der Waals surface area contributed by atoms with Crippen LogP contribution in [-0.2, 0) is 11.3 Å². The molecule has 30 heavy (non-hydrogen) atoms. The first-order valence-electron chi connectivity index (χ1n) is 8.82. The Morgan fingerprint density at radius 3 is 2.63 bits per heavy atom. The molecule has 0 fully saturated rings. The Morgan fingerprint density at radius 2 is 1.87 bits per heavy atom. The Balaban J connectivity index is 1.49. The van der Waals surface area contributed by atoms with Crippen LogP contribution in [0.5, 0.6) is 11.5 Å². The van der Waals surface area contributed by atoms with Crippen molar-refractivity contribution in [1.29, 1.82) is 0 Å². The first-order valence-corrected chi connectivity index (χ1v) is 10.6. The molecule has 4 rings (SSSR count). The molecule has 0 aliphatic heterocycles. The molecule has 3 heterocycles. The third-order valence-electron chi connectivity index (χ3n) is 4.32. The van der Waals surface area contributed by atoms with E-state index in [0.29, 0.717) is 27.2 Å². The number of fused-ring (bicyclic) bond motifs is 1. The van der Waals surface area contributed by atoms with Gasteiger partial charge in [-0.1, -0.05) is 0 Å². The predicted molar refractivity (Wildman–Crippen MR) is 114 cm³/mol. The first-order chi connectivity index (χ1) is 14.5. The quantitative estimate of drug-likeness (QED) is 0.421. The van der Waals surface area contributed by atoms with Crippen molar-refractivity contribution in [3.8, 4) is 22.1 Å². The van der Waals surface area contributed by atoms with Crippen LogP contribution in [-0.4, -0.2) is 34.6 Å². The van der Waals surface area contributed by atoms with Gasteiger partial charge in [0, 0.05) is 28.1 Å². The van der Waals surface area contributed by atoms with Crippen LogP contribution in [0.3, 0.4) is 0 Å². The van der Waals surface area contributed by atoms with Gasteiger partial charge in [0.1, 0.15) is 11.6 Å². The average molecular weight is 444 g/mol. The Bertz CT molecular complexity index is 1290. The van der Waals surface area contributed by atoms with Crippen LogP contribution >= 0.6 is 22.7 Å². The van der Waals surface area contributed by atoms with E-state index in [2.05, 4.69) is 9.97 Å². The summed E-state index contributed by atoms with van der Waals surface area (Å²) < 4.78 is 17.4. The molecule has 0 radical (unpaired) electrons. The van der Waals surface area contributed by atoms with Gasteiger partial charge in [0.05, 0.1) is 19.9 Å². The maximum Gasteiger partial charge on any atom is 0.358 e. The fraction of sp³-hybridized carbons (Fsp3) is 0.200. The lowest BCUT2D eigenvalue weighted by Crippen LogP contribution is -2.16. The van der Waals surface area contributed by atoms with E-state index < -0.39 is 5.97 Å². The number of benzene rings is 1. The van der Waals surface area contributed by atoms with Gasteiger partial charge in [0.15, 0.2) is 22.2 Å². The molecule has 4 aromatic rings. The summed E-state index contributed by atoms with van der Waals surface area (Å²) in [5, 5.41) is 4.13. The Labute approximate surface area is 179 Å². The number of hydrogen-bond donors (Lipinski definition) is 0. The largest absolute Gasteiger partial charge is 0.493 e. The molecular formula is C20H17N3O5S2. The van der Waals surface area contributed by atoms with E-state index in [4.69, 9.17) is 14.2 Å². The molecule has 1 aromatic carbocycles. The number of thiazole rings is 2. The van der Waals surface area contributed by atoms with Crippen molar-refractivity contribution in [2.45, 2.75) is 13.5 Å². The number of esters is 1. The van der Waals surface area contributed by atoms with Crippen LogP contribution in [0.4, 0.5) is 0 Å². The molecule has 0 saturated heterocycles. The van der Waals surface area contributed by atoms with Crippen molar-refractivity contribution in [2.24, 2.45) is 0 Å². The number of carbonyl (C=O) groups excluding carboxylic acids is 1. The SMILES string of the molecule is COc1ccc(-c2nc(C(=O)OCc3cc(=O)n4c(C)csc4n3)cs2)cc1OC. The van der Waals surface area contributed by atoms with Crippen molar-refractivity contribution in [1.82, 2.24) is 14.4 Å². The molecular weight excluding hydrogens is 426 g/mol. The van der Waals surface area contributed by atoms with E-state index in [1.807, 2.05) is 18.4 Å². The van der Waals surface area contributed by atoms with Gasteiger partial charge >= 0.3 is 5.97 Å². The Kier molecular flexibility index (Phi) is 5.51. The van der Waals surface area contributed by atoms with Crippen LogP contribution < -0.4 is 15.0 Å². The van der Waals surface area contributed by atoms with E-state index in [0.717, 1.165) is 11.3 Å². The molecule has 3 aromatic heterocycles. The van der Waals surface area contributed by atoms with E-state index >= 15 is 0 Å². The van der Waals surface area contributed by atoms with Crippen LogP contribution in [0.15, 0.2) is 39.8 Å². The minimum Gasteiger partial charge on any atom is -0.493 e. The number of methoxy groups -OCH3 is 2. The lowest BCUT2D eigenvalue weighted by molar-refractivity contribution is 0.0462. The van der Waals surface area contributed by atoms with Gasteiger partial charge in [-0.15, -0.1) is 22.7 Å². The lowest BCUT2D eigenvalue weighted by atomic mass is 10.2. The highest BCUT2D eigenvalue weighted by Crippen LogP contribution is 2.33. The molecule has 0 aliphatic rings. The summed E-state index contributed by atoms with van der Waals surface area (Å²) in [5.74, 6) is 0.604. The Hall–Kier alpha value is -3.24. The topological polar surface area (TPSA) is 92.0 Å². The zero-order valence-corrected chi connectivity index (χ0v) is 18.0. The average Bonchev–Trinajstić information content (AvgIpc) is 3.39. The maximum atomic E-state index is 12.4. The van der Waals surface area contributed by atoms with Gasteiger partial charge in [-0.05, 0) is 25.1 Å². The molecule has 0 saturated carbocycles. The van der Waals surface area contributed by atoms with Crippen LogP contribution in [0, 0.1) is 6.92 Å². The van der Waals surface area contributed by atoms with Crippen molar-refractivity contribution >= 4 is 33.6 Å². The van der Waals surface area contributed by atoms with Crippen LogP contribution in [0.1, 0.15) is 21.9 Å². The van der Waals surface area contributed by atoms with Gasteiger partial charge in [-0.2, -0.15) is 0 Å². The number of nitrogens with zero attached hydrogens (tertiary/aromatic N) is 3. The summed E-state index contributed by atoms with van der Waals surface area (Å²) >= 11 is 2.68. The molecule has 10 heteroatoms. The highest BCUT2D eigenvalue weighted by atomic mass is 32.1. The summed E-state index contributed by atoms with van der Waals surface area (Å²) in [6.07, 6.45) is 0. The van der Waals surface area contributed by atoms with Gasteiger partial charge in [-0.25, -0.2) is 14.8 Å². The highest BCUT2D eigenvalue weighted by molar-refractivity contribution is 7.15. The molecule has 0 aliphatic carbocycles. The minimum absolute atomic E-state index is 0.106. The van der Waals surface area contributed by atoms with Crippen molar-refractivity contribution in [3.05, 3.63) is 62.5 Å². The number of carbonyl (C=O) groups is 1. The second kappa shape index (κ2) is 8.25. The number of hydrogen-bond acceptors (Lipinski definition) is 9. The second-order valence-electron chi connectivity index (χ2n) is 6.26. The van der Waals surface area contributed by atoms with Crippen molar-refractivity contribution < 1.29 is 19.0 Å². The van der Waals surface area contributed by atoms with E-state index in [1.54, 1.807) is 31.7 Å². The molecule has 0 bridgehead atoms. The number of ether oxygens (including phenoxy) is 3. The fourth-order valence-electron chi connectivity index (χ4n) is 2.86. The monoisotopic (exact) mass is 443 g/mol. The van der Waals surface area contributed by atoms with E-state index in [1.165, 1.54) is 33.1 Å². The van der Waals surface area contributed by atoms with Crippen molar-refractivity contribution in [2.75, 3.05) is 14.2 Å². The fourth-order valence-corrected chi connectivity index (χ4v) is 4.53. The molecule has 0 N–H and O–H groups in total. The summed E-state index contributed by atoms with van der Waals surface area (Å²) in [6, 6.07) is 6.78. The predicted octanol–water partition coefficient (Wildman–Crippen LogP) is 3.56. The minimum atomic E-state index is -0.581. The summed E-state index contributed by atoms with van der Waals surface area (Å²) in [6.45, 7) is 1.73. The molecule has 0 atom stereocenters. The lowest BCUT2D eigenvalue weighted by Gasteiger charge is -2.08. The Morgan fingerprint density at radius 1 is 1.07 bits per heavy atom. The second-order valence-corrected chi connectivity index (χ2v) is 7.96. The van der Waals surface area contributed by atoms with Gasteiger partial charge in [0.25, 0.3) is 5.56 Å². The zero-order chi connectivity index (χ0) is 21.3. The normalized spacial score (nSPS) is 10.9. The number of aromatic nitrogens is 3. The highest BCUT2D eigenvalue weighted by Gasteiger charge is 2.16. The zero-order valence-electron chi connectivity index (χ0n) is 16.4. The molecule has 8 nitrogen and oxygen atoms in total. The molecule has 154 valence electrons. The maximum absolute atomic E-state index is 12.4. The number of aryl methyl sites for hydroxylation is 1. The van der Waals surface area contributed by atoms with Crippen molar-refractivity contribution in [3.63, 3.8) is 0 Å². The summed E-state index contributed by atoms with van der Waals surface area (Å²) in [4.78, 5) is 33.9. The van der Waals surface area contributed by atoms with Gasteiger partial charge in [-0.3, -0.25) is 9.20 Å². The molecule has 0 spiro atoms. The standard InChI is InChI=1S/C20H17N3O5S2/c1-11-9-30-20-21-13(7-17(24)23(11)20)8-28-19(25)14-10-29-18(22-14)12-4-5-15(26-2)16(6-12)27-3/h4-7,9-10H,8H2,1-3H3. The molecule has 0 amide bonds. The van der Waals surface area contributed by atoms with Gasteiger partial charge in [0.2, 0.25) is 0 Å². The van der Waals surface area contributed by atoms with E-state index in [-0.39, 0.29) is 17.9 Å². The smallest absolute Gasteiger partial charge is 0.358 e. The third kappa shape index (κ3) is 3.79. The van der Waals surface area contributed by atoms with E-state index in [9.17, 15) is 9.59 Å². The van der Waals surface area contributed by atoms with Crippen LogP contribution in [0.25, 0.3) is 15.5 Å². The number of rotatable bonds is 6. The third-order valence-corrected chi connectivity index (χ3v) is 6.16. The van der Waals surface area contributed by atoms with Crippen LogP contribution in [0.2, 0.25) is 0 Å². The summed E-state index contributed by atoms with van der Waals surface area (Å²) in [5.41, 5.74) is 2.00. The summed E-state index contributed by atoms with van der Waals surface area (Å²) in [7, 11) is 3.12. The first kappa shape index (κ1) is 20.0. The molecule has 0 unspecified atom stereocenters.